The number of aromatic nitrogens is 1. The molecule has 0 unspecified atom stereocenters. The second kappa shape index (κ2) is 4.40. The van der Waals surface area contributed by atoms with Crippen molar-refractivity contribution in [2.24, 2.45) is 0 Å². The first-order valence-corrected chi connectivity index (χ1v) is 5.09. The van der Waals surface area contributed by atoms with E-state index >= 15 is 0 Å². The Morgan fingerprint density at radius 2 is 1.78 bits per heavy atom. The van der Waals surface area contributed by atoms with E-state index in [1.165, 1.54) is 26.4 Å². The highest BCUT2D eigenvalue weighted by Crippen LogP contribution is 2.32. The van der Waals surface area contributed by atoms with Crippen molar-refractivity contribution in [1.29, 1.82) is 0 Å². The second-order valence-corrected chi connectivity index (χ2v) is 3.61. The molecule has 0 aliphatic heterocycles. The number of H-pyrrole nitrogens is 1. The molecule has 6 nitrogen and oxygen atoms in total. The number of pyridine rings is 1. The van der Waals surface area contributed by atoms with Gasteiger partial charge in [0, 0.05) is 17.5 Å². The summed E-state index contributed by atoms with van der Waals surface area (Å²) in [6, 6.07) is 4.09. The maximum Gasteiger partial charge on any atom is 0.336 e. The molecule has 2 aromatic rings. The summed E-state index contributed by atoms with van der Waals surface area (Å²) in [6.45, 7) is 0. The summed E-state index contributed by atoms with van der Waals surface area (Å²) < 4.78 is 10.2. The Kier molecular flexibility index (Phi) is 2.93. The second-order valence-electron chi connectivity index (χ2n) is 3.61. The third-order valence-electron chi connectivity index (χ3n) is 2.58. The van der Waals surface area contributed by atoms with Crippen molar-refractivity contribution in [3.8, 4) is 11.5 Å². The lowest BCUT2D eigenvalue weighted by Crippen LogP contribution is -2.10. The summed E-state index contributed by atoms with van der Waals surface area (Å²) in [5.74, 6) is -0.346. The highest BCUT2D eigenvalue weighted by Gasteiger charge is 2.14. The number of benzene rings is 1. The van der Waals surface area contributed by atoms with Crippen LogP contribution in [0.1, 0.15) is 10.4 Å². The minimum atomic E-state index is -1.17. The number of nitrogens with one attached hydrogen (secondary N) is 1. The lowest BCUT2D eigenvalue weighted by atomic mass is 10.1. The Morgan fingerprint density at radius 3 is 2.33 bits per heavy atom. The molecule has 18 heavy (non-hydrogen) atoms. The van der Waals surface area contributed by atoms with Gasteiger partial charge in [-0.2, -0.15) is 0 Å². The SMILES string of the molecule is COc1cc2[nH]c(=O)cc(C(=O)O)c2cc1OC. The topological polar surface area (TPSA) is 88.6 Å². The fourth-order valence-electron chi connectivity index (χ4n) is 1.76. The van der Waals surface area contributed by atoms with E-state index < -0.39 is 11.5 Å². The lowest BCUT2D eigenvalue weighted by molar-refractivity contribution is 0.0699. The summed E-state index contributed by atoms with van der Waals surface area (Å²) in [4.78, 5) is 25.0. The molecule has 6 heteroatoms. The van der Waals surface area contributed by atoms with Crippen molar-refractivity contribution in [2.45, 2.75) is 0 Å². The maximum absolute atomic E-state index is 11.4. The van der Waals surface area contributed by atoms with E-state index in [1.807, 2.05) is 0 Å². The van der Waals surface area contributed by atoms with E-state index in [4.69, 9.17) is 14.6 Å². The number of rotatable bonds is 3. The van der Waals surface area contributed by atoms with Gasteiger partial charge < -0.3 is 19.6 Å². The molecule has 1 aromatic heterocycles. The third kappa shape index (κ3) is 1.88. The van der Waals surface area contributed by atoms with E-state index in [0.29, 0.717) is 22.4 Å². The number of ether oxygens (including phenoxy) is 2. The van der Waals surface area contributed by atoms with Crippen LogP contribution in [0.3, 0.4) is 0 Å². The fourth-order valence-corrected chi connectivity index (χ4v) is 1.76. The molecule has 0 radical (unpaired) electrons. The summed E-state index contributed by atoms with van der Waals surface area (Å²) in [5.41, 5.74) is -0.167. The first kappa shape index (κ1) is 12.0. The van der Waals surface area contributed by atoms with Crippen LogP contribution in [0.2, 0.25) is 0 Å². The van der Waals surface area contributed by atoms with Gasteiger partial charge in [-0.05, 0) is 6.07 Å². The Labute approximate surface area is 102 Å². The van der Waals surface area contributed by atoms with E-state index in [1.54, 1.807) is 0 Å². The van der Waals surface area contributed by atoms with E-state index in [9.17, 15) is 9.59 Å². The average Bonchev–Trinajstić information content (AvgIpc) is 2.35. The van der Waals surface area contributed by atoms with Crippen molar-refractivity contribution >= 4 is 16.9 Å². The van der Waals surface area contributed by atoms with Gasteiger partial charge in [-0.15, -0.1) is 0 Å². The molecule has 0 atom stereocenters. The van der Waals surface area contributed by atoms with E-state index in [2.05, 4.69) is 4.98 Å². The van der Waals surface area contributed by atoms with Gasteiger partial charge in [0.2, 0.25) is 5.56 Å². The molecule has 2 rings (SSSR count). The van der Waals surface area contributed by atoms with Gasteiger partial charge in [0.15, 0.2) is 11.5 Å². The highest BCUT2D eigenvalue weighted by molar-refractivity contribution is 6.03. The number of carboxylic acids is 1. The van der Waals surface area contributed by atoms with Crippen LogP contribution >= 0.6 is 0 Å². The number of hydrogen-bond acceptors (Lipinski definition) is 4. The number of carbonyl (C=O) groups is 1. The predicted octanol–water partition coefficient (Wildman–Crippen LogP) is 1.24. The van der Waals surface area contributed by atoms with Crippen molar-refractivity contribution < 1.29 is 19.4 Å². The van der Waals surface area contributed by atoms with Gasteiger partial charge in [-0.3, -0.25) is 4.79 Å². The molecule has 1 aromatic carbocycles. The maximum atomic E-state index is 11.4. The number of methoxy groups -OCH3 is 2. The van der Waals surface area contributed by atoms with Crippen molar-refractivity contribution in [3.05, 3.63) is 34.1 Å². The van der Waals surface area contributed by atoms with Gasteiger partial charge in [-0.1, -0.05) is 0 Å². The Bertz CT molecular complexity index is 674. The summed E-state index contributed by atoms with van der Waals surface area (Å²) in [5, 5.41) is 9.46. The molecule has 0 aliphatic carbocycles. The Morgan fingerprint density at radius 1 is 1.17 bits per heavy atom. The van der Waals surface area contributed by atoms with Crippen LogP contribution in [0.4, 0.5) is 0 Å². The van der Waals surface area contributed by atoms with Crippen LogP contribution in [-0.4, -0.2) is 30.3 Å². The molecule has 1 heterocycles. The number of fused-ring (bicyclic) bond motifs is 1. The average molecular weight is 249 g/mol. The molecule has 94 valence electrons. The van der Waals surface area contributed by atoms with Crippen molar-refractivity contribution in [3.63, 3.8) is 0 Å². The minimum Gasteiger partial charge on any atom is -0.493 e. The van der Waals surface area contributed by atoms with Crippen molar-refractivity contribution in [2.75, 3.05) is 14.2 Å². The zero-order valence-electron chi connectivity index (χ0n) is 9.81. The smallest absolute Gasteiger partial charge is 0.336 e. The molecule has 0 aliphatic rings. The van der Waals surface area contributed by atoms with Crippen LogP contribution in [0.15, 0.2) is 23.0 Å². The summed E-state index contributed by atoms with van der Waals surface area (Å²) in [7, 11) is 2.92. The Hall–Kier alpha value is -2.50. The summed E-state index contributed by atoms with van der Waals surface area (Å²) >= 11 is 0. The number of aromatic carboxylic acids is 1. The minimum absolute atomic E-state index is 0.0743. The van der Waals surface area contributed by atoms with Gasteiger partial charge in [0.25, 0.3) is 0 Å². The fraction of sp³-hybridized carbons (Fsp3) is 0.167. The van der Waals surface area contributed by atoms with Crippen LogP contribution in [-0.2, 0) is 0 Å². The first-order valence-electron chi connectivity index (χ1n) is 5.09. The van der Waals surface area contributed by atoms with Crippen LogP contribution in [0.25, 0.3) is 10.9 Å². The molecular weight excluding hydrogens is 238 g/mol. The number of hydrogen-bond donors (Lipinski definition) is 2. The van der Waals surface area contributed by atoms with Crippen molar-refractivity contribution in [1.82, 2.24) is 4.98 Å². The normalized spacial score (nSPS) is 10.3. The standard InChI is InChI=1S/C12H11NO5/c1-17-9-3-6-7(12(15)16)4-11(14)13-8(6)5-10(9)18-2/h3-5H,1-2H3,(H,13,14)(H,15,16). The predicted molar refractivity (Wildman–Crippen MR) is 64.6 cm³/mol. The van der Waals surface area contributed by atoms with E-state index in [-0.39, 0.29) is 5.56 Å². The van der Waals surface area contributed by atoms with Crippen LogP contribution < -0.4 is 15.0 Å². The Balaban J connectivity index is 2.88. The van der Waals surface area contributed by atoms with Crippen LogP contribution in [0.5, 0.6) is 11.5 Å². The molecule has 0 saturated carbocycles. The quantitative estimate of drug-likeness (QED) is 0.854. The molecule has 2 N–H and O–H groups in total. The van der Waals surface area contributed by atoms with Gasteiger partial charge >= 0.3 is 5.97 Å². The van der Waals surface area contributed by atoms with E-state index in [0.717, 1.165) is 6.07 Å². The molecule has 0 spiro atoms. The highest BCUT2D eigenvalue weighted by atomic mass is 16.5. The molecule has 0 saturated heterocycles. The summed E-state index contributed by atoms with van der Waals surface area (Å²) in [6.07, 6.45) is 0. The molecular formula is C12H11NO5. The molecule has 0 bridgehead atoms. The lowest BCUT2D eigenvalue weighted by Gasteiger charge is -2.10. The van der Waals surface area contributed by atoms with Gasteiger partial charge in [0.1, 0.15) is 0 Å². The largest absolute Gasteiger partial charge is 0.493 e. The number of carboxylic acid groups (broad SMARTS) is 1. The monoisotopic (exact) mass is 249 g/mol. The zero-order chi connectivity index (χ0) is 13.3. The number of aromatic amines is 1. The van der Waals surface area contributed by atoms with Gasteiger partial charge in [0.05, 0.1) is 25.3 Å². The first-order chi connectivity index (χ1) is 8.56. The van der Waals surface area contributed by atoms with Gasteiger partial charge in [-0.25, -0.2) is 4.79 Å². The zero-order valence-corrected chi connectivity index (χ0v) is 9.81. The molecule has 0 amide bonds. The van der Waals surface area contributed by atoms with Crippen LogP contribution in [0, 0.1) is 0 Å². The third-order valence-corrected chi connectivity index (χ3v) is 2.58. The molecule has 0 fully saturated rings.